The standard InChI is InChI=1S/C22H33N3O3.HI/c1-20(2)14-25(21(20,3)4)19(23-5)24-13-22(8-10-26-11-9-22)16-6-7-17-18(12-16)28-15-27-17;/h6-7,12H,8-11,13-15H2,1-5H3,(H,23,24);1H. The second kappa shape index (κ2) is 8.13. The summed E-state index contributed by atoms with van der Waals surface area (Å²) in [4.78, 5) is 6.98. The lowest BCUT2D eigenvalue weighted by Gasteiger charge is -2.62. The third-order valence-corrected chi connectivity index (χ3v) is 7.37. The molecule has 1 aromatic carbocycles. The lowest BCUT2D eigenvalue weighted by Crippen LogP contribution is -2.72. The first kappa shape index (κ1) is 22.5. The Hall–Kier alpha value is -1.22. The van der Waals surface area contributed by atoms with Gasteiger partial charge in [-0.3, -0.25) is 4.99 Å². The largest absolute Gasteiger partial charge is 0.454 e. The Morgan fingerprint density at radius 2 is 1.79 bits per heavy atom. The van der Waals surface area contributed by atoms with Gasteiger partial charge in [0.05, 0.1) is 0 Å². The van der Waals surface area contributed by atoms with Gasteiger partial charge in [0.15, 0.2) is 17.5 Å². The highest BCUT2D eigenvalue weighted by Gasteiger charge is 2.54. The van der Waals surface area contributed by atoms with Crippen LogP contribution in [0.3, 0.4) is 0 Å². The van der Waals surface area contributed by atoms with Crippen LogP contribution in [-0.4, -0.2) is 56.5 Å². The number of hydrogen-bond donors (Lipinski definition) is 1. The van der Waals surface area contributed by atoms with Crippen molar-refractivity contribution in [2.24, 2.45) is 10.4 Å². The number of aliphatic imine (C=N–C) groups is 1. The molecule has 1 N–H and O–H groups in total. The van der Waals surface area contributed by atoms with Gasteiger partial charge in [0.2, 0.25) is 6.79 Å². The summed E-state index contributed by atoms with van der Waals surface area (Å²) in [7, 11) is 1.88. The van der Waals surface area contributed by atoms with Gasteiger partial charge in [0.1, 0.15) is 0 Å². The lowest BCUT2D eigenvalue weighted by atomic mass is 9.65. The molecule has 0 aliphatic carbocycles. The number of halogens is 1. The number of ether oxygens (including phenoxy) is 3. The second-order valence-electron chi connectivity index (χ2n) is 9.39. The molecule has 162 valence electrons. The summed E-state index contributed by atoms with van der Waals surface area (Å²) in [5.41, 5.74) is 1.64. The van der Waals surface area contributed by atoms with Crippen LogP contribution in [-0.2, 0) is 10.2 Å². The number of rotatable bonds is 3. The Morgan fingerprint density at radius 3 is 2.41 bits per heavy atom. The molecule has 4 rings (SSSR count). The number of guanidine groups is 1. The van der Waals surface area contributed by atoms with Gasteiger partial charge in [-0.1, -0.05) is 19.9 Å². The van der Waals surface area contributed by atoms with Crippen molar-refractivity contribution in [3.05, 3.63) is 23.8 Å². The number of likely N-dealkylation sites (tertiary alicyclic amines) is 1. The van der Waals surface area contributed by atoms with Gasteiger partial charge in [-0.2, -0.15) is 0 Å². The van der Waals surface area contributed by atoms with Crippen LogP contribution < -0.4 is 14.8 Å². The first-order valence-corrected chi connectivity index (χ1v) is 10.3. The fourth-order valence-corrected chi connectivity index (χ4v) is 4.50. The van der Waals surface area contributed by atoms with E-state index >= 15 is 0 Å². The monoisotopic (exact) mass is 515 g/mol. The van der Waals surface area contributed by atoms with Crippen molar-refractivity contribution in [3.63, 3.8) is 0 Å². The lowest BCUT2D eigenvalue weighted by molar-refractivity contribution is -0.0671. The Morgan fingerprint density at radius 1 is 1.10 bits per heavy atom. The Balaban J connectivity index is 0.00000240. The fourth-order valence-electron chi connectivity index (χ4n) is 4.50. The minimum absolute atomic E-state index is 0. The molecule has 0 atom stereocenters. The molecule has 0 radical (unpaired) electrons. The number of nitrogens with one attached hydrogen (secondary N) is 1. The summed E-state index contributed by atoms with van der Waals surface area (Å²) >= 11 is 0. The maximum Gasteiger partial charge on any atom is 0.231 e. The van der Waals surface area contributed by atoms with Crippen molar-refractivity contribution in [2.45, 2.75) is 51.5 Å². The van der Waals surface area contributed by atoms with Crippen LogP contribution in [0.25, 0.3) is 0 Å². The van der Waals surface area contributed by atoms with Crippen LogP contribution in [0.2, 0.25) is 0 Å². The van der Waals surface area contributed by atoms with Crippen molar-refractivity contribution in [1.82, 2.24) is 10.2 Å². The Kier molecular flexibility index (Phi) is 6.30. The predicted molar refractivity (Wildman–Crippen MR) is 126 cm³/mol. The fraction of sp³-hybridized carbons (Fsp3) is 0.682. The van der Waals surface area contributed by atoms with E-state index in [1.54, 1.807) is 0 Å². The van der Waals surface area contributed by atoms with Gasteiger partial charge in [0.25, 0.3) is 0 Å². The molecule has 0 saturated carbocycles. The normalized spacial score (nSPS) is 23.8. The van der Waals surface area contributed by atoms with E-state index < -0.39 is 0 Å². The molecule has 1 aromatic rings. The zero-order chi connectivity index (χ0) is 20.0. The molecule has 0 spiro atoms. The van der Waals surface area contributed by atoms with Gasteiger partial charge < -0.3 is 24.4 Å². The Bertz CT molecular complexity index is 773. The SMILES string of the molecule is CN=C(NCC1(c2ccc3c(c2)OCO3)CCOCC1)N1CC(C)(C)C1(C)C.I. The zero-order valence-corrected chi connectivity index (χ0v) is 20.5. The predicted octanol–water partition coefficient (Wildman–Crippen LogP) is 3.78. The number of fused-ring (bicyclic) bond motifs is 1. The van der Waals surface area contributed by atoms with E-state index in [0.29, 0.717) is 6.79 Å². The average molecular weight is 515 g/mol. The average Bonchev–Trinajstić information content (AvgIpc) is 3.16. The summed E-state index contributed by atoms with van der Waals surface area (Å²) < 4.78 is 16.8. The minimum Gasteiger partial charge on any atom is -0.454 e. The van der Waals surface area contributed by atoms with E-state index in [1.807, 2.05) is 13.1 Å². The van der Waals surface area contributed by atoms with Gasteiger partial charge in [-0.25, -0.2) is 0 Å². The molecular formula is C22H34IN3O3. The highest BCUT2D eigenvalue weighted by molar-refractivity contribution is 14.0. The van der Waals surface area contributed by atoms with Crippen molar-refractivity contribution >= 4 is 29.9 Å². The van der Waals surface area contributed by atoms with Crippen LogP contribution >= 0.6 is 24.0 Å². The van der Waals surface area contributed by atoms with Crippen molar-refractivity contribution < 1.29 is 14.2 Å². The molecule has 0 aromatic heterocycles. The van der Waals surface area contributed by atoms with Crippen LogP contribution in [0.15, 0.2) is 23.2 Å². The topological polar surface area (TPSA) is 55.3 Å². The van der Waals surface area contributed by atoms with E-state index in [0.717, 1.165) is 56.6 Å². The van der Waals surface area contributed by atoms with E-state index in [1.165, 1.54) is 5.56 Å². The summed E-state index contributed by atoms with van der Waals surface area (Å²) in [6.07, 6.45) is 1.96. The molecule has 2 fully saturated rings. The molecule has 0 amide bonds. The van der Waals surface area contributed by atoms with Crippen LogP contribution in [0.5, 0.6) is 11.5 Å². The van der Waals surface area contributed by atoms with E-state index in [4.69, 9.17) is 14.2 Å². The molecule has 0 unspecified atom stereocenters. The maximum atomic E-state index is 5.69. The van der Waals surface area contributed by atoms with Gasteiger partial charge >= 0.3 is 0 Å². The molecule has 6 nitrogen and oxygen atoms in total. The first-order valence-electron chi connectivity index (χ1n) is 10.3. The zero-order valence-electron chi connectivity index (χ0n) is 18.2. The minimum atomic E-state index is -0.000300. The third kappa shape index (κ3) is 3.80. The van der Waals surface area contributed by atoms with E-state index in [-0.39, 0.29) is 40.3 Å². The summed E-state index contributed by atoms with van der Waals surface area (Å²) in [5.74, 6) is 2.66. The number of benzene rings is 1. The summed E-state index contributed by atoms with van der Waals surface area (Å²) in [5, 5.41) is 3.69. The molecule has 3 heterocycles. The van der Waals surface area contributed by atoms with E-state index in [2.05, 4.69) is 55.0 Å². The Labute approximate surface area is 191 Å². The van der Waals surface area contributed by atoms with Crippen molar-refractivity contribution in [3.8, 4) is 11.5 Å². The van der Waals surface area contributed by atoms with Gasteiger partial charge in [0, 0.05) is 49.7 Å². The molecule has 7 heteroatoms. The number of nitrogens with zero attached hydrogens (tertiary/aromatic N) is 2. The van der Waals surface area contributed by atoms with Crippen molar-refractivity contribution in [2.75, 3.05) is 40.1 Å². The molecular weight excluding hydrogens is 481 g/mol. The molecule has 3 aliphatic heterocycles. The molecule has 0 bridgehead atoms. The van der Waals surface area contributed by atoms with Crippen molar-refractivity contribution in [1.29, 1.82) is 0 Å². The van der Waals surface area contributed by atoms with Crippen LogP contribution in [0, 0.1) is 5.41 Å². The van der Waals surface area contributed by atoms with Crippen LogP contribution in [0.1, 0.15) is 46.1 Å². The van der Waals surface area contributed by atoms with Crippen LogP contribution in [0.4, 0.5) is 0 Å². The highest BCUT2D eigenvalue weighted by atomic mass is 127. The smallest absolute Gasteiger partial charge is 0.231 e. The van der Waals surface area contributed by atoms with Gasteiger partial charge in [-0.05, 0) is 44.4 Å². The first-order chi connectivity index (χ1) is 13.3. The van der Waals surface area contributed by atoms with E-state index in [9.17, 15) is 0 Å². The molecule has 3 aliphatic rings. The molecule has 2 saturated heterocycles. The highest BCUT2D eigenvalue weighted by Crippen LogP contribution is 2.46. The number of hydrogen-bond acceptors (Lipinski definition) is 4. The third-order valence-electron chi connectivity index (χ3n) is 7.37. The maximum absolute atomic E-state index is 5.69. The quantitative estimate of drug-likeness (QED) is 0.378. The summed E-state index contributed by atoms with van der Waals surface area (Å²) in [6.45, 7) is 12.9. The molecule has 29 heavy (non-hydrogen) atoms. The second-order valence-corrected chi connectivity index (χ2v) is 9.39. The summed E-state index contributed by atoms with van der Waals surface area (Å²) in [6, 6.07) is 6.36. The van der Waals surface area contributed by atoms with Gasteiger partial charge in [-0.15, -0.1) is 24.0 Å².